The molecule has 0 bridgehead atoms. The predicted molar refractivity (Wildman–Crippen MR) is 64.2 cm³/mol. The maximum Gasteiger partial charge on any atom is 0.320 e. The minimum absolute atomic E-state index is 0.231. The fourth-order valence-corrected chi connectivity index (χ4v) is 2.54. The van der Waals surface area contributed by atoms with Crippen LogP contribution in [0.25, 0.3) is 0 Å². The van der Waals surface area contributed by atoms with E-state index >= 15 is 0 Å². The Kier molecular flexibility index (Phi) is 4.04. The molecule has 0 radical (unpaired) electrons. The SMILES string of the molecule is NCCN(C(=O)N1CCCCC1)C1CCC1. The smallest absolute Gasteiger partial charge is 0.320 e. The third-order valence-electron chi connectivity index (χ3n) is 3.76. The molecule has 0 atom stereocenters. The molecule has 16 heavy (non-hydrogen) atoms. The highest BCUT2D eigenvalue weighted by atomic mass is 16.2. The molecule has 2 aliphatic rings. The maximum atomic E-state index is 12.3. The van der Waals surface area contributed by atoms with Crippen LogP contribution in [0.1, 0.15) is 38.5 Å². The van der Waals surface area contributed by atoms with Crippen LogP contribution in [0, 0.1) is 0 Å². The van der Waals surface area contributed by atoms with Crippen LogP contribution < -0.4 is 5.73 Å². The van der Waals surface area contributed by atoms with Crippen LogP contribution in [0.15, 0.2) is 0 Å². The van der Waals surface area contributed by atoms with Crippen LogP contribution in [0.2, 0.25) is 0 Å². The first-order valence-electron chi connectivity index (χ1n) is 6.58. The van der Waals surface area contributed by atoms with Crippen LogP contribution >= 0.6 is 0 Å². The van der Waals surface area contributed by atoms with Gasteiger partial charge in [-0.1, -0.05) is 0 Å². The Balaban J connectivity index is 1.92. The number of nitrogens with zero attached hydrogens (tertiary/aromatic N) is 2. The van der Waals surface area contributed by atoms with Crippen molar-refractivity contribution in [3.05, 3.63) is 0 Å². The third-order valence-corrected chi connectivity index (χ3v) is 3.76. The molecule has 0 unspecified atom stereocenters. The third kappa shape index (κ3) is 2.48. The van der Waals surface area contributed by atoms with Crippen LogP contribution in [-0.4, -0.2) is 48.1 Å². The number of carbonyl (C=O) groups excluding carboxylic acids is 1. The van der Waals surface area contributed by atoms with Crippen molar-refractivity contribution in [2.45, 2.75) is 44.6 Å². The molecule has 1 saturated heterocycles. The van der Waals surface area contributed by atoms with Gasteiger partial charge in [0.05, 0.1) is 0 Å². The van der Waals surface area contributed by atoms with Gasteiger partial charge in [-0.05, 0) is 38.5 Å². The largest absolute Gasteiger partial charge is 0.329 e. The molecule has 0 aromatic rings. The molecule has 0 spiro atoms. The van der Waals surface area contributed by atoms with E-state index in [0.29, 0.717) is 12.6 Å². The van der Waals surface area contributed by atoms with Gasteiger partial charge in [0.25, 0.3) is 0 Å². The van der Waals surface area contributed by atoms with Gasteiger partial charge < -0.3 is 15.5 Å². The van der Waals surface area contributed by atoms with Crippen molar-refractivity contribution in [2.24, 2.45) is 5.73 Å². The highest BCUT2D eigenvalue weighted by Crippen LogP contribution is 2.26. The molecule has 0 aromatic carbocycles. The summed E-state index contributed by atoms with van der Waals surface area (Å²) >= 11 is 0. The van der Waals surface area contributed by atoms with Crippen molar-refractivity contribution in [2.75, 3.05) is 26.2 Å². The molecule has 2 amide bonds. The number of piperidine rings is 1. The summed E-state index contributed by atoms with van der Waals surface area (Å²) < 4.78 is 0. The molecular weight excluding hydrogens is 202 g/mol. The standard InChI is InChI=1S/C12H23N3O/c13-7-10-15(11-5-4-6-11)12(16)14-8-2-1-3-9-14/h11H,1-10,13H2. The van der Waals surface area contributed by atoms with Crippen molar-refractivity contribution in [3.8, 4) is 0 Å². The van der Waals surface area contributed by atoms with E-state index in [2.05, 4.69) is 0 Å². The minimum Gasteiger partial charge on any atom is -0.329 e. The second kappa shape index (κ2) is 5.53. The Morgan fingerprint density at radius 2 is 1.88 bits per heavy atom. The van der Waals surface area contributed by atoms with Crippen molar-refractivity contribution in [1.82, 2.24) is 9.80 Å². The van der Waals surface area contributed by atoms with E-state index in [4.69, 9.17) is 5.73 Å². The summed E-state index contributed by atoms with van der Waals surface area (Å²) in [5, 5.41) is 0. The Morgan fingerprint density at radius 1 is 1.19 bits per heavy atom. The Labute approximate surface area is 97.8 Å². The number of likely N-dealkylation sites (tertiary alicyclic amines) is 1. The fraction of sp³-hybridized carbons (Fsp3) is 0.917. The van der Waals surface area contributed by atoms with E-state index in [1.165, 1.54) is 25.7 Å². The molecule has 1 saturated carbocycles. The van der Waals surface area contributed by atoms with Crippen molar-refractivity contribution >= 4 is 6.03 Å². The minimum atomic E-state index is 0.231. The summed E-state index contributed by atoms with van der Waals surface area (Å²) in [6, 6.07) is 0.702. The predicted octanol–water partition coefficient (Wildman–Crippen LogP) is 1.41. The number of rotatable bonds is 3. The lowest BCUT2D eigenvalue weighted by Gasteiger charge is -2.41. The van der Waals surface area contributed by atoms with Crippen LogP contribution in [0.3, 0.4) is 0 Å². The highest BCUT2D eigenvalue weighted by Gasteiger charge is 2.31. The van der Waals surface area contributed by atoms with Crippen LogP contribution in [0.5, 0.6) is 0 Å². The molecule has 2 rings (SSSR count). The second-order valence-corrected chi connectivity index (χ2v) is 4.90. The van der Waals surface area contributed by atoms with Crippen LogP contribution in [-0.2, 0) is 0 Å². The van der Waals surface area contributed by atoms with Gasteiger partial charge in [0, 0.05) is 32.2 Å². The van der Waals surface area contributed by atoms with Gasteiger partial charge in [-0.3, -0.25) is 0 Å². The number of amides is 2. The number of hydrogen-bond donors (Lipinski definition) is 1. The van der Waals surface area contributed by atoms with Crippen molar-refractivity contribution < 1.29 is 4.79 Å². The number of nitrogens with two attached hydrogens (primary N) is 1. The Hall–Kier alpha value is -0.770. The Bertz CT molecular complexity index is 234. The van der Waals surface area contributed by atoms with Gasteiger partial charge in [0.1, 0.15) is 0 Å². The van der Waals surface area contributed by atoms with E-state index in [0.717, 1.165) is 32.5 Å². The van der Waals surface area contributed by atoms with Gasteiger partial charge in [0.15, 0.2) is 0 Å². The van der Waals surface area contributed by atoms with Gasteiger partial charge in [-0.15, -0.1) is 0 Å². The van der Waals surface area contributed by atoms with E-state index in [9.17, 15) is 4.79 Å². The first-order valence-corrected chi connectivity index (χ1v) is 6.58. The molecule has 1 aliphatic carbocycles. The average Bonchev–Trinajstić information content (AvgIpc) is 2.26. The van der Waals surface area contributed by atoms with Crippen molar-refractivity contribution in [3.63, 3.8) is 0 Å². The molecule has 92 valence electrons. The normalized spacial score (nSPS) is 21.7. The van der Waals surface area contributed by atoms with E-state index in [-0.39, 0.29) is 6.03 Å². The zero-order valence-electron chi connectivity index (χ0n) is 10.0. The molecule has 2 N–H and O–H groups in total. The van der Waals surface area contributed by atoms with E-state index < -0.39 is 0 Å². The molecule has 0 aromatic heterocycles. The first-order chi connectivity index (χ1) is 7.83. The summed E-state index contributed by atoms with van der Waals surface area (Å²) in [5.74, 6) is 0. The lowest BCUT2D eigenvalue weighted by molar-refractivity contribution is 0.102. The summed E-state index contributed by atoms with van der Waals surface area (Å²) in [7, 11) is 0. The molecule has 4 nitrogen and oxygen atoms in total. The fourth-order valence-electron chi connectivity index (χ4n) is 2.54. The number of urea groups is 1. The summed E-state index contributed by atoms with van der Waals surface area (Å²) in [4.78, 5) is 16.3. The summed E-state index contributed by atoms with van der Waals surface area (Å²) in [5.41, 5.74) is 5.60. The van der Waals surface area contributed by atoms with Gasteiger partial charge >= 0.3 is 6.03 Å². The molecule has 1 heterocycles. The van der Waals surface area contributed by atoms with Crippen LogP contribution in [0.4, 0.5) is 4.79 Å². The van der Waals surface area contributed by atoms with E-state index in [1.54, 1.807) is 0 Å². The molecule has 1 aliphatic heterocycles. The zero-order valence-corrected chi connectivity index (χ0v) is 10.0. The van der Waals surface area contributed by atoms with Gasteiger partial charge in [-0.25, -0.2) is 4.79 Å². The molecule has 2 fully saturated rings. The molecular formula is C12H23N3O. The average molecular weight is 225 g/mol. The topological polar surface area (TPSA) is 49.6 Å². The van der Waals surface area contributed by atoms with Gasteiger partial charge in [-0.2, -0.15) is 0 Å². The summed E-state index contributed by atoms with van der Waals surface area (Å²) in [6.45, 7) is 3.18. The first kappa shape index (κ1) is 11.7. The lowest BCUT2D eigenvalue weighted by atomic mass is 9.91. The van der Waals surface area contributed by atoms with Crippen molar-refractivity contribution in [1.29, 1.82) is 0 Å². The number of hydrogen-bond acceptors (Lipinski definition) is 2. The zero-order chi connectivity index (χ0) is 11.4. The summed E-state index contributed by atoms with van der Waals surface area (Å²) in [6.07, 6.45) is 7.18. The highest BCUT2D eigenvalue weighted by molar-refractivity contribution is 5.75. The molecule has 4 heteroatoms. The number of carbonyl (C=O) groups is 1. The van der Waals surface area contributed by atoms with Gasteiger partial charge in [0.2, 0.25) is 0 Å². The lowest BCUT2D eigenvalue weighted by Crippen LogP contribution is -2.53. The Morgan fingerprint density at radius 3 is 2.38 bits per heavy atom. The monoisotopic (exact) mass is 225 g/mol. The van der Waals surface area contributed by atoms with E-state index in [1.807, 2.05) is 9.80 Å². The second-order valence-electron chi connectivity index (χ2n) is 4.90. The quantitative estimate of drug-likeness (QED) is 0.789. The maximum absolute atomic E-state index is 12.3.